The van der Waals surface area contributed by atoms with Crippen LogP contribution in [0.25, 0.3) is 0 Å². The molecule has 27 heavy (non-hydrogen) atoms. The third kappa shape index (κ3) is 4.33. The number of carbonyl (C=O) groups excluding carboxylic acids is 1. The van der Waals surface area contributed by atoms with Crippen LogP contribution >= 0.6 is 0 Å². The average molecular weight is 373 g/mol. The Morgan fingerprint density at radius 2 is 2.07 bits per heavy atom. The highest BCUT2D eigenvalue weighted by atomic mass is 16.5. The molecule has 0 aromatic carbocycles. The van der Waals surface area contributed by atoms with Gasteiger partial charge in [0, 0.05) is 56.7 Å². The number of morpholine rings is 1. The molecule has 3 fully saturated rings. The van der Waals surface area contributed by atoms with Crippen molar-refractivity contribution in [2.24, 2.45) is 5.92 Å². The molecule has 0 saturated carbocycles. The summed E-state index contributed by atoms with van der Waals surface area (Å²) in [7, 11) is 0. The Morgan fingerprint density at radius 3 is 2.78 bits per heavy atom. The summed E-state index contributed by atoms with van der Waals surface area (Å²) in [6, 6.07) is 5.31. The van der Waals surface area contributed by atoms with Gasteiger partial charge in [-0.05, 0) is 37.3 Å². The van der Waals surface area contributed by atoms with Crippen LogP contribution in [-0.2, 0) is 4.74 Å². The van der Waals surface area contributed by atoms with Gasteiger partial charge in [0.25, 0.3) is 5.91 Å². The maximum atomic E-state index is 12.6. The lowest BCUT2D eigenvalue weighted by Crippen LogP contribution is -2.49. The van der Waals surface area contributed by atoms with Gasteiger partial charge in [0.1, 0.15) is 0 Å². The first-order valence-corrected chi connectivity index (χ1v) is 10.4. The van der Waals surface area contributed by atoms with Crippen LogP contribution in [0.5, 0.6) is 0 Å². The van der Waals surface area contributed by atoms with Crippen molar-refractivity contribution >= 4 is 5.91 Å². The molecule has 4 heterocycles. The number of carbonyl (C=O) groups is 1. The predicted octanol–water partition coefficient (Wildman–Crippen LogP) is 1.77. The van der Waals surface area contributed by atoms with Gasteiger partial charge in [0.2, 0.25) is 0 Å². The largest absolute Gasteiger partial charge is 0.375 e. The number of amides is 1. The molecule has 3 saturated heterocycles. The summed E-state index contributed by atoms with van der Waals surface area (Å²) in [6.07, 6.45) is 6.97. The lowest BCUT2D eigenvalue weighted by atomic mass is 10.0. The van der Waals surface area contributed by atoms with Gasteiger partial charge in [0.05, 0.1) is 18.3 Å². The summed E-state index contributed by atoms with van der Waals surface area (Å²) in [5, 5.41) is 3.87. The lowest BCUT2D eigenvalue weighted by Gasteiger charge is -2.36. The lowest BCUT2D eigenvalue weighted by molar-refractivity contribution is -0.0683. The Hall–Kier alpha value is -1.50. The Bertz CT molecular complexity index is 630. The van der Waals surface area contributed by atoms with Crippen molar-refractivity contribution in [3.05, 3.63) is 30.1 Å². The molecule has 1 N–H and O–H groups in total. The van der Waals surface area contributed by atoms with Crippen LogP contribution in [0, 0.1) is 5.92 Å². The van der Waals surface area contributed by atoms with Crippen LogP contribution < -0.4 is 5.32 Å². The number of fused-ring (bicyclic) bond motifs is 1. The second-order valence-corrected chi connectivity index (χ2v) is 8.63. The number of likely N-dealkylation sites (tertiary alicyclic amines) is 1. The smallest absolute Gasteiger partial charge is 0.255 e. The summed E-state index contributed by atoms with van der Waals surface area (Å²) in [6.45, 7) is 9.21. The van der Waals surface area contributed by atoms with Crippen LogP contribution in [0.1, 0.15) is 43.5 Å². The average Bonchev–Trinajstić information content (AvgIpc) is 3.10. The highest BCUT2D eigenvalue weighted by Gasteiger charge is 2.39. The van der Waals surface area contributed by atoms with Crippen molar-refractivity contribution in [1.82, 2.24) is 20.1 Å². The number of ether oxygens (including phenoxy) is 1. The molecule has 6 nitrogen and oxygen atoms in total. The minimum atomic E-state index is 0.108. The molecule has 0 aliphatic carbocycles. The Balaban J connectivity index is 1.24. The second kappa shape index (κ2) is 8.25. The molecule has 6 heteroatoms. The second-order valence-electron chi connectivity index (χ2n) is 8.63. The number of rotatable bonds is 4. The number of piperidine rings is 1. The molecule has 0 spiro atoms. The number of pyridine rings is 1. The van der Waals surface area contributed by atoms with Crippen LogP contribution in [0.3, 0.4) is 0 Å². The molecule has 0 radical (unpaired) electrons. The van der Waals surface area contributed by atoms with Crippen LogP contribution in [-0.4, -0.2) is 77.7 Å². The van der Waals surface area contributed by atoms with E-state index in [0.717, 1.165) is 45.6 Å². The van der Waals surface area contributed by atoms with E-state index in [1.165, 1.54) is 6.42 Å². The molecule has 0 unspecified atom stereocenters. The molecule has 4 rings (SSSR count). The minimum absolute atomic E-state index is 0.108. The van der Waals surface area contributed by atoms with E-state index >= 15 is 0 Å². The van der Waals surface area contributed by atoms with Gasteiger partial charge in [-0.2, -0.15) is 0 Å². The fraction of sp³-hybridized carbons (Fsp3) is 0.714. The molecule has 3 atom stereocenters. The third-order valence-electron chi connectivity index (χ3n) is 6.35. The third-order valence-corrected chi connectivity index (χ3v) is 6.35. The van der Waals surface area contributed by atoms with E-state index < -0.39 is 0 Å². The Labute approximate surface area is 162 Å². The van der Waals surface area contributed by atoms with Gasteiger partial charge < -0.3 is 15.0 Å². The molecule has 1 aromatic rings. The highest BCUT2D eigenvalue weighted by molar-refractivity contribution is 5.93. The van der Waals surface area contributed by atoms with Crippen LogP contribution in [0.2, 0.25) is 0 Å². The number of aromatic nitrogens is 1. The zero-order valence-corrected chi connectivity index (χ0v) is 16.5. The van der Waals surface area contributed by atoms with Gasteiger partial charge in [-0.1, -0.05) is 13.8 Å². The zero-order valence-electron chi connectivity index (χ0n) is 16.5. The van der Waals surface area contributed by atoms with E-state index in [2.05, 4.69) is 29.0 Å². The van der Waals surface area contributed by atoms with Crippen molar-refractivity contribution in [3.63, 3.8) is 0 Å². The molecule has 1 aromatic heterocycles. The summed E-state index contributed by atoms with van der Waals surface area (Å²) in [5.41, 5.74) is 0.691. The Morgan fingerprint density at radius 1 is 1.26 bits per heavy atom. The normalized spacial score (nSPS) is 29.9. The minimum Gasteiger partial charge on any atom is -0.375 e. The quantitative estimate of drug-likeness (QED) is 0.873. The van der Waals surface area contributed by atoms with Crippen LogP contribution in [0.4, 0.5) is 0 Å². The molecule has 3 aliphatic heterocycles. The number of hydrogen-bond acceptors (Lipinski definition) is 5. The number of nitrogens with zero attached hydrogens (tertiary/aromatic N) is 3. The maximum absolute atomic E-state index is 12.6. The van der Waals surface area contributed by atoms with Gasteiger partial charge in [-0.3, -0.25) is 14.7 Å². The molecule has 3 aliphatic rings. The van der Waals surface area contributed by atoms with Gasteiger partial charge in [0.15, 0.2) is 0 Å². The molecular formula is C21H32N4O2. The topological polar surface area (TPSA) is 57.7 Å². The Kier molecular flexibility index (Phi) is 5.76. The number of hydrogen-bond donors (Lipinski definition) is 1. The van der Waals surface area contributed by atoms with Crippen molar-refractivity contribution < 1.29 is 9.53 Å². The van der Waals surface area contributed by atoms with Gasteiger partial charge >= 0.3 is 0 Å². The first-order chi connectivity index (χ1) is 13.1. The first kappa shape index (κ1) is 18.8. The van der Waals surface area contributed by atoms with E-state index in [1.807, 2.05) is 17.0 Å². The monoisotopic (exact) mass is 372 g/mol. The predicted molar refractivity (Wildman–Crippen MR) is 105 cm³/mol. The van der Waals surface area contributed by atoms with E-state index in [9.17, 15) is 4.79 Å². The molecular weight excluding hydrogens is 340 g/mol. The zero-order chi connectivity index (χ0) is 18.8. The van der Waals surface area contributed by atoms with E-state index in [4.69, 9.17) is 4.74 Å². The molecule has 0 bridgehead atoms. The fourth-order valence-electron chi connectivity index (χ4n) is 4.68. The summed E-state index contributed by atoms with van der Waals surface area (Å²) in [4.78, 5) is 21.2. The van der Waals surface area contributed by atoms with E-state index in [0.29, 0.717) is 35.7 Å². The maximum Gasteiger partial charge on any atom is 0.255 e. The van der Waals surface area contributed by atoms with Crippen molar-refractivity contribution in [3.8, 4) is 0 Å². The van der Waals surface area contributed by atoms with Gasteiger partial charge in [-0.15, -0.1) is 0 Å². The summed E-state index contributed by atoms with van der Waals surface area (Å²) < 4.78 is 6.06. The van der Waals surface area contributed by atoms with Crippen molar-refractivity contribution in [2.45, 2.75) is 57.3 Å². The van der Waals surface area contributed by atoms with Crippen LogP contribution in [0.15, 0.2) is 24.5 Å². The van der Waals surface area contributed by atoms with Crippen molar-refractivity contribution in [1.29, 1.82) is 0 Å². The van der Waals surface area contributed by atoms with E-state index in [1.54, 1.807) is 12.4 Å². The van der Waals surface area contributed by atoms with Crippen molar-refractivity contribution in [2.75, 3.05) is 32.8 Å². The number of nitrogens with one attached hydrogen (secondary N) is 1. The standard InChI is InChI=1S/C21H32N4O2/c1-15(2)20-13-25-12-18(10-19(25)14-27-20)23-17-5-8-24(9-6-17)21(26)16-4-3-7-22-11-16/h3-4,7,11,15,17-20,23H,5-6,8-10,12-14H2,1-2H3/t18-,19+,20-/m1/s1. The first-order valence-electron chi connectivity index (χ1n) is 10.4. The summed E-state index contributed by atoms with van der Waals surface area (Å²) in [5.74, 6) is 0.691. The summed E-state index contributed by atoms with van der Waals surface area (Å²) >= 11 is 0. The van der Waals surface area contributed by atoms with E-state index in [-0.39, 0.29) is 5.91 Å². The molecule has 1 amide bonds. The molecule has 148 valence electrons. The SMILES string of the molecule is CC(C)[C@H]1CN2C[C@H](NC3CCN(C(=O)c4cccnc4)CC3)C[C@H]2CO1. The fourth-order valence-corrected chi connectivity index (χ4v) is 4.68. The highest BCUT2D eigenvalue weighted by Crippen LogP contribution is 2.26. The van der Waals surface area contributed by atoms with Gasteiger partial charge in [-0.25, -0.2) is 0 Å².